The quantitative estimate of drug-likeness (QED) is 0.646. The molecule has 0 aliphatic carbocycles. The highest BCUT2D eigenvalue weighted by Crippen LogP contribution is 2.22. The zero-order chi connectivity index (χ0) is 21.6. The maximum Gasteiger partial charge on any atom is 0.410 e. The molecule has 3 heterocycles. The van der Waals surface area contributed by atoms with E-state index in [9.17, 15) is 4.79 Å². The van der Waals surface area contributed by atoms with Crippen LogP contribution in [0.25, 0.3) is 5.69 Å². The highest BCUT2D eigenvalue weighted by molar-refractivity contribution is 5.67. The normalized spacial score (nSPS) is 14.5. The molecule has 9 nitrogen and oxygen atoms in total. The summed E-state index contributed by atoms with van der Waals surface area (Å²) < 4.78 is 13.1. The van der Waals surface area contributed by atoms with Crippen LogP contribution in [-0.2, 0) is 4.74 Å². The van der Waals surface area contributed by atoms with E-state index in [1.807, 2.05) is 50.2 Å². The van der Waals surface area contributed by atoms with Crippen LogP contribution in [0.1, 0.15) is 26.7 Å². The molecule has 4 rings (SSSR count). The Labute approximate surface area is 181 Å². The highest BCUT2D eigenvalue weighted by atomic mass is 16.6. The summed E-state index contributed by atoms with van der Waals surface area (Å²) in [6.45, 7) is 4.90. The molecule has 9 heteroatoms. The fourth-order valence-corrected chi connectivity index (χ4v) is 3.38. The van der Waals surface area contributed by atoms with Crippen LogP contribution < -0.4 is 10.1 Å². The standard InChI is InChI=1S/C22H26N6O3/c1-16(2)30-22(29)27-12-9-18(10-13-27)31-21-14-19(23-15-24-21)26-20-8-11-25-28(20)17-6-4-3-5-7-17/h3-8,11,14-16,18H,9-10,12-13H2,1-2H3,(H,23,24,26). The number of nitrogens with zero attached hydrogens (tertiary/aromatic N) is 5. The first-order valence-corrected chi connectivity index (χ1v) is 10.4. The van der Waals surface area contributed by atoms with Crippen LogP contribution in [-0.4, -0.2) is 56.0 Å². The molecule has 1 amide bonds. The predicted molar refractivity (Wildman–Crippen MR) is 116 cm³/mol. The van der Waals surface area contributed by atoms with Gasteiger partial charge in [0.25, 0.3) is 0 Å². The van der Waals surface area contributed by atoms with E-state index in [2.05, 4.69) is 20.4 Å². The lowest BCUT2D eigenvalue weighted by Crippen LogP contribution is -2.42. The van der Waals surface area contributed by atoms with E-state index in [-0.39, 0.29) is 18.3 Å². The lowest BCUT2D eigenvalue weighted by Gasteiger charge is -2.31. The third kappa shape index (κ3) is 5.30. The topological polar surface area (TPSA) is 94.4 Å². The molecule has 1 saturated heterocycles. The fourth-order valence-electron chi connectivity index (χ4n) is 3.38. The van der Waals surface area contributed by atoms with Gasteiger partial charge in [-0.2, -0.15) is 5.10 Å². The van der Waals surface area contributed by atoms with E-state index in [0.29, 0.717) is 24.8 Å². The molecule has 162 valence electrons. The second-order valence-electron chi connectivity index (χ2n) is 7.57. The van der Waals surface area contributed by atoms with Crippen molar-refractivity contribution < 1.29 is 14.3 Å². The molecule has 0 bridgehead atoms. The number of hydrogen-bond acceptors (Lipinski definition) is 7. The van der Waals surface area contributed by atoms with E-state index in [0.717, 1.165) is 24.3 Å². The van der Waals surface area contributed by atoms with Crippen LogP contribution in [0.5, 0.6) is 5.88 Å². The summed E-state index contributed by atoms with van der Waals surface area (Å²) in [7, 11) is 0. The lowest BCUT2D eigenvalue weighted by atomic mass is 10.1. The molecule has 31 heavy (non-hydrogen) atoms. The number of ether oxygens (including phenoxy) is 2. The summed E-state index contributed by atoms with van der Waals surface area (Å²) in [6.07, 6.45) is 4.24. The lowest BCUT2D eigenvalue weighted by molar-refractivity contribution is 0.0507. The van der Waals surface area contributed by atoms with Crippen LogP contribution in [0.15, 0.2) is 55.0 Å². The van der Waals surface area contributed by atoms with Gasteiger partial charge in [-0.05, 0) is 26.0 Å². The molecule has 0 radical (unpaired) electrons. The SMILES string of the molecule is CC(C)OC(=O)N1CCC(Oc2cc(Nc3ccnn3-c3ccccc3)ncn2)CC1. The second-order valence-corrected chi connectivity index (χ2v) is 7.57. The van der Waals surface area contributed by atoms with Gasteiger partial charge in [-0.25, -0.2) is 19.4 Å². The Morgan fingerprint density at radius 3 is 2.65 bits per heavy atom. The van der Waals surface area contributed by atoms with Crippen molar-refractivity contribution in [2.24, 2.45) is 0 Å². The van der Waals surface area contributed by atoms with Crippen LogP contribution in [0.4, 0.5) is 16.4 Å². The Morgan fingerprint density at radius 2 is 1.90 bits per heavy atom. The number of aromatic nitrogens is 4. The summed E-state index contributed by atoms with van der Waals surface area (Å²) in [5.41, 5.74) is 0.947. The van der Waals surface area contributed by atoms with Crippen molar-refractivity contribution in [3.63, 3.8) is 0 Å². The predicted octanol–water partition coefficient (Wildman–Crippen LogP) is 3.79. The number of amides is 1. The first kappa shape index (κ1) is 20.6. The average molecular weight is 422 g/mol. The molecule has 1 fully saturated rings. The first-order valence-electron chi connectivity index (χ1n) is 10.4. The summed E-state index contributed by atoms with van der Waals surface area (Å²) in [6, 6.07) is 13.5. The van der Waals surface area contributed by atoms with Gasteiger partial charge in [0.1, 0.15) is 24.1 Å². The number of rotatable bonds is 6. The number of carbonyl (C=O) groups is 1. The summed E-state index contributed by atoms with van der Waals surface area (Å²) in [5, 5.41) is 7.64. The van der Waals surface area contributed by atoms with Gasteiger partial charge < -0.3 is 19.7 Å². The molecule has 1 aliphatic heterocycles. The highest BCUT2D eigenvalue weighted by Gasteiger charge is 2.25. The van der Waals surface area contributed by atoms with Crippen LogP contribution in [0.3, 0.4) is 0 Å². The van der Waals surface area contributed by atoms with Gasteiger partial charge >= 0.3 is 6.09 Å². The Bertz CT molecular complexity index is 999. The largest absolute Gasteiger partial charge is 0.474 e. The maximum absolute atomic E-state index is 12.0. The number of hydrogen-bond donors (Lipinski definition) is 1. The van der Waals surface area contributed by atoms with Crippen LogP contribution in [0, 0.1) is 0 Å². The summed E-state index contributed by atoms with van der Waals surface area (Å²) in [5.74, 6) is 1.89. The minimum atomic E-state index is -0.267. The molecule has 0 unspecified atom stereocenters. The average Bonchev–Trinajstić information content (AvgIpc) is 3.23. The number of carbonyl (C=O) groups excluding carboxylic acids is 1. The minimum Gasteiger partial charge on any atom is -0.474 e. The molecular formula is C22H26N6O3. The molecule has 0 atom stereocenters. The minimum absolute atomic E-state index is 0.0132. The van der Waals surface area contributed by atoms with E-state index < -0.39 is 0 Å². The zero-order valence-corrected chi connectivity index (χ0v) is 17.6. The van der Waals surface area contributed by atoms with Gasteiger partial charge in [0.15, 0.2) is 0 Å². The zero-order valence-electron chi connectivity index (χ0n) is 17.6. The number of para-hydroxylation sites is 1. The monoisotopic (exact) mass is 422 g/mol. The molecule has 0 spiro atoms. The van der Waals surface area contributed by atoms with Crippen molar-refractivity contribution in [3.05, 3.63) is 55.0 Å². The fraction of sp³-hybridized carbons (Fsp3) is 0.364. The summed E-state index contributed by atoms with van der Waals surface area (Å²) in [4.78, 5) is 22.3. The van der Waals surface area contributed by atoms with Gasteiger partial charge in [-0.3, -0.25) is 0 Å². The Kier molecular flexibility index (Phi) is 6.30. The Morgan fingerprint density at radius 1 is 1.13 bits per heavy atom. The number of anilines is 2. The number of nitrogens with one attached hydrogen (secondary N) is 1. The van der Waals surface area contributed by atoms with Crippen molar-refractivity contribution >= 4 is 17.7 Å². The van der Waals surface area contributed by atoms with Crippen molar-refractivity contribution in [1.29, 1.82) is 0 Å². The van der Waals surface area contributed by atoms with Crippen LogP contribution >= 0.6 is 0 Å². The number of likely N-dealkylation sites (tertiary alicyclic amines) is 1. The molecule has 1 N–H and O–H groups in total. The van der Waals surface area contributed by atoms with E-state index in [4.69, 9.17) is 9.47 Å². The molecule has 3 aromatic rings. The Hall–Kier alpha value is -3.62. The van der Waals surface area contributed by atoms with Crippen molar-refractivity contribution in [2.75, 3.05) is 18.4 Å². The van der Waals surface area contributed by atoms with Gasteiger partial charge in [0.2, 0.25) is 5.88 Å². The third-order valence-electron chi connectivity index (χ3n) is 4.87. The van der Waals surface area contributed by atoms with Crippen molar-refractivity contribution in [1.82, 2.24) is 24.6 Å². The first-order chi connectivity index (χ1) is 15.1. The third-order valence-corrected chi connectivity index (χ3v) is 4.87. The second kappa shape index (κ2) is 9.46. The van der Waals surface area contributed by atoms with Crippen molar-refractivity contribution in [2.45, 2.75) is 38.9 Å². The maximum atomic E-state index is 12.0. The van der Waals surface area contributed by atoms with E-state index >= 15 is 0 Å². The smallest absolute Gasteiger partial charge is 0.410 e. The van der Waals surface area contributed by atoms with Crippen molar-refractivity contribution in [3.8, 4) is 11.6 Å². The molecule has 2 aromatic heterocycles. The van der Waals surface area contributed by atoms with E-state index in [1.54, 1.807) is 21.8 Å². The van der Waals surface area contributed by atoms with Gasteiger partial charge in [0, 0.05) is 38.1 Å². The van der Waals surface area contributed by atoms with E-state index in [1.165, 1.54) is 6.33 Å². The molecule has 1 aromatic carbocycles. The Balaban J connectivity index is 1.36. The summed E-state index contributed by atoms with van der Waals surface area (Å²) >= 11 is 0. The molecule has 1 aliphatic rings. The number of benzene rings is 1. The molecular weight excluding hydrogens is 396 g/mol. The van der Waals surface area contributed by atoms with Gasteiger partial charge in [0.05, 0.1) is 18.0 Å². The van der Waals surface area contributed by atoms with Gasteiger partial charge in [-0.15, -0.1) is 0 Å². The number of piperidine rings is 1. The van der Waals surface area contributed by atoms with Crippen LogP contribution in [0.2, 0.25) is 0 Å². The molecule has 0 saturated carbocycles. The van der Waals surface area contributed by atoms with Gasteiger partial charge in [-0.1, -0.05) is 18.2 Å².